The Kier molecular flexibility index (Phi) is 5.61. The number of aromatic nitrogens is 2. The van der Waals surface area contributed by atoms with Crippen LogP contribution in [0.2, 0.25) is 0 Å². The van der Waals surface area contributed by atoms with E-state index in [0.29, 0.717) is 5.56 Å². The lowest BCUT2D eigenvalue weighted by molar-refractivity contribution is 0.619. The molecule has 2 rings (SSSR count). The number of hydrogen-bond donors (Lipinski definition) is 1. The molecule has 0 saturated carbocycles. The van der Waals surface area contributed by atoms with Crippen molar-refractivity contribution in [1.29, 1.82) is 0 Å². The summed E-state index contributed by atoms with van der Waals surface area (Å²) >= 11 is 1.59. The lowest BCUT2D eigenvalue weighted by Crippen LogP contribution is -2.16. The summed E-state index contributed by atoms with van der Waals surface area (Å²) in [6.45, 7) is 6.00. The lowest BCUT2D eigenvalue weighted by atomic mass is 10.1. The van der Waals surface area contributed by atoms with Gasteiger partial charge in [-0.3, -0.25) is 0 Å². The average molecular weight is 293 g/mol. The van der Waals surface area contributed by atoms with E-state index >= 15 is 0 Å². The summed E-state index contributed by atoms with van der Waals surface area (Å²) in [5.74, 6) is -0.180. The van der Waals surface area contributed by atoms with Crippen molar-refractivity contribution in [3.8, 4) is 10.6 Å². The van der Waals surface area contributed by atoms with Gasteiger partial charge in [0.25, 0.3) is 0 Å². The van der Waals surface area contributed by atoms with Gasteiger partial charge in [0, 0.05) is 12.0 Å². The molecule has 20 heavy (non-hydrogen) atoms. The van der Waals surface area contributed by atoms with Crippen molar-refractivity contribution < 1.29 is 4.39 Å². The highest BCUT2D eigenvalue weighted by atomic mass is 32.1. The minimum absolute atomic E-state index is 0.180. The Hall–Kier alpha value is -1.33. The first-order valence-electron chi connectivity index (χ1n) is 7.00. The summed E-state index contributed by atoms with van der Waals surface area (Å²) in [5.41, 5.74) is 1.58. The van der Waals surface area contributed by atoms with Crippen LogP contribution in [0.1, 0.15) is 30.3 Å². The molecule has 108 valence electrons. The Labute approximate surface area is 123 Å². The van der Waals surface area contributed by atoms with Crippen molar-refractivity contribution in [3.63, 3.8) is 0 Å². The fourth-order valence-electron chi connectivity index (χ4n) is 1.92. The molecule has 2 aromatic rings. The van der Waals surface area contributed by atoms with E-state index in [4.69, 9.17) is 0 Å². The van der Waals surface area contributed by atoms with Crippen LogP contribution < -0.4 is 5.32 Å². The number of nitrogens with zero attached hydrogens (tertiary/aromatic N) is 2. The number of rotatable bonds is 7. The van der Waals surface area contributed by atoms with Gasteiger partial charge in [0.15, 0.2) is 0 Å². The van der Waals surface area contributed by atoms with E-state index in [-0.39, 0.29) is 5.82 Å². The summed E-state index contributed by atoms with van der Waals surface area (Å²) < 4.78 is 13.2. The molecule has 0 saturated heterocycles. The Morgan fingerprint density at radius 3 is 2.85 bits per heavy atom. The molecule has 0 aliphatic rings. The van der Waals surface area contributed by atoms with Crippen molar-refractivity contribution in [3.05, 3.63) is 34.6 Å². The summed E-state index contributed by atoms with van der Waals surface area (Å²) in [6, 6.07) is 5.07. The summed E-state index contributed by atoms with van der Waals surface area (Å²) in [6.07, 6.45) is 3.17. The highest BCUT2D eigenvalue weighted by Crippen LogP contribution is 2.25. The normalized spacial score (nSPS) is 10.9. The standard InChI is InChI=1S/C15H20FN3S/c1-3-8-17-9-4-5-14-18-19-15(20-14)12-6-7-13(16)11(2)10-12/h6-7,10,17H,3-5,8-9H2,1-2H3. The zero-order valence-corrected chi connectivity index (χ0v) is 12.8. The molecule has 1 aromatic heterocycles. The second kappa shape index (κ2) is 7.45. The molecule has 3 nitrogen and oxygen atoms in total. The topological polar surface area (TPSA) is 37.8 Å². The van der Waals surface area contributed by atoms with E-state index in [2.05, 4.69) is 22.4 Å². The number of aryl methyl sites for hydroxylation is 2. The summed E-state index contributed by atoms with van der Waals surface area (Å²) in [7, 11) is 0. The van der Waals surface area contributed by atoms with Crippen molar-refractivity contribution >= 4 is 11.3 Å². The van der Waals surface area contributed by atoms with Crippen molar-refractivity contribution in [2.75, 3.05) is 13.1 Å². The fourth-order valence-corrected chi connectivity index (χ4v) is 2.79. The van der Waals surface area contributed by atoms with E-state index in [9.17, 15) is 4.39 Å². The molecule has 0 bridgehead atoms. The highest BCUT2D eigenvalue weighted by Gasteiger charge is 2.08. The van der Waals surface area contributed by atoms with Crippen LogP contribution in [0.15, 0.2) is 18.2 Å². The molecule has 0 aliphatic heterocycles. The van der Waals surface area contributed by atoms with Crippen LogP contribution in [0.25, 0.3) is 10.6 Å². The van der Waals surface area contributed by atoms with Crippen molar-refractivity contribution in [2.24, 2.45) is 0 Å². The predicted octanol–water partition coefficient (Wildman–Crippen LogP) is 3.58. The smallest absolute Gasteiger partial charge is 0.147 e. The lowest BCUT2D eigenvalue weighted by Gasteiger charge is -2.00. The molecule has 5 heteroatoms. The maximum Gasteiger partial charge on any atom is 0.147 e. The molecular formula is C15H20FN3S. The zero-order chi connectivity index (χ0) is 14.4. The van der Waals surface area contributed by atoms with Gasteiger partial charge in [-0.2, -0.15) is 0 Å². The van der Waals surface area contributed by atoms with Gasteiger partial charge < -0.3 is 5.32 Å². The molecule has 0 fully saturated rings. The maximum absolute atomic E-state index is 13.2. The van der Waals surface area contributed by atoms with Crippen LogP contribution in [0.5, 0.6) is 0 Å². The maximum atomic E-state index is 13.2. The Morgan fingerprint density at radius 2 is 2.10 bits per heavy atom. The van der Waals surface area contributed by atoms with Gasteiger partial charge in [-0.1, -0.05) is 18.3 Å². The Bertz CT molecular complexity index is 554. The molecule has 0 unspecified atom stereocenters. The van der Waals surface area contributed by atoms with Gasteiger partial charge in [-0.25, -0.2) is 4.39 Å². The highest BCUT2D eigenvalue weighted by molar-refractivity contribution is 7.14. The molecule has 0 amide bonds. The van der Waals surface area contributed by atoms with Gasteiger partial charge in [-0.05, 0) is 56.6 Å². The van der Waals surface area contributed by atoms with Gasteiger partial charge in [0.05, 0.1) is 0 Å². The van der Waals surface area contributed by atoms with E-state index in [1.54, 1.807) is 24.3 Å². The molecule has 1 N–H and O–H groups in total. The molecule has 0 spiro atoms. The van der Waals surface area contributed by atoms with Crippen LogP contribution in [-0.4, -0.2) is 23.3 Å². The number of hydrogen-bond acceptors (Lipinski definition) is 4. The zero-order valence-electron chi connectivity index (χ0n) is 11.9. The van der Waals surface area contributed by atoms with E-state index in [1.807, 2.05) is 6.07 Å². The van der Waals surface area contributed by atoms with Gasteiger partial charge in [-0.15, -0.1) is 10.2 Å². The van der Waals surface area contributed by atoms with Crippen LogP contribution in [0.3, 0.4) is 0 Å². The van der Waals surface area contributed by atoms with E-state index in [0.717, 1.165) is 47.9 Å². The quantitative estimate of drug-likeness (QED) is 0.793. The first kappa shape index (κ1) is 15.1. The average Bonchev–Trinajstić information content (AvgIpc) is 2.90. The van der Waals surface area contributed by atoms with Crippen LogP contribution in [0, 0.1) is 12.7 Å². The monoisotopic (exact) mass is 293 g/mol. The molecule has 1 aromatic carbocycles. The number of halogens is 1. The summed E-state index contributed by atoms with van der Waals surface area (Å²) in [4.78, 5) is 0. The fraction of sp³-hybridized carbons (Fsp3) is 0.467. The molecule has 1 heterocycles. The van der Waals surface area contributed by atoms with Crippen LogP contribution in [-0.2, 0) is 6.42 Å². The van der Waals surface area contributed by atoms with Crippen LogP contribution in [0.4, 0.5) is 4.39 Å². The van der Waals surface area contributed by atoms with Gasteiger partial charge in [0.2, 0.25) is 0 Å². The van der Waals surface area contributed by atoms with Crippen molar-refractivity contribution in [2.45, 2.75) is 33.1 Å². The van der Waals surface area contributed by atoms with Crippen LogP contribution >= 0.6 is 11.3 Å². The minimum Gasteiger partial charge on any atom is -0.317 e. The molecule has 0 aliphatic carbocycles. The second-order valence-electron chi connectivity index (χ2n) is 4.82. The SMILES string of the molecule is CCCNCCCc1nnc(-c2ccc(F)c(C)c2)s1. The Morgan fingerprint density at radius 1 is 1.25 bits per heavy atom. The third-order valence-electron chi connectivity index (χ3n) is 3.04. The Balaban J connectivity index is 1.93. The largest absolute Gasteiger partial charge is 0.317 e. The third kappa shape index (κ3) is 4.08. The molecule has 0 atom stereocenters. The minimum atomic E-state index is -0.180. The number of nitrogens with one attached hydrogen (secondary N) is 1. The molecular weight excluding hydrogens is 273 g/mol. The second-order valence-corrected chi connectivity index (χ2v) is 5.88. The van der Waals surface area contributed by atoms with Crippen molar-refractivity contribution in [1.82, 2.24) is 15.5 Å². The predicted molar refractivity (Wildman–Crippen MR) is 81.5 cm³/mol. The summed E-state index contributed by atoms with van der Waals surface area (Å²) in [5, 5.41) is 13.7. The third-order valence-corrected chi connectivity index (χ3v) is 4.07. The first-order valence-corrected chi connectivity index (χ1v) is 7.82. The van der Waals surface area contributed by atoms with Gasteiger partial charge >= 0.3 is 0 Å². The molecule has 0 radical (unpaired) electrons. The van der Waals surface area contributed by atoms with Gasteiger partial charge in [0.1, 0.15) is 15.8 Å². The first-order chi connectivity index (χ1) is 9.70. The van der Waals surface area contributed by atoms with E-state index < -0.39 is 0 Å². The van der Waals surface area contributed by atoms with E-state index in [1.165, 1.54) is 6.07 Å². The number of benzene rings is 1.